The van der Waals surface area contributed by atoms with Crippen LogP contribution in [0.5, 0.6) is 0 Å². The molecule has 11 aromatic rings. The van der Waals surface area contributed by atoms with Gasteiger partial charge in [0.1, 0.15) is 11.2 Å². The van der Waals surface area contributed by atoms with Gasteiger partial charge in [0.15, 0.2) is 17.5 Å². The molecule has 0 unspecified atom stereocenters. The van der Waals surface area contributed by atoms with E-state index in [1.54, 1.807) is 0 Å². The van der Waals surface area contributed by atoms with E-state index in [0.29, 0.717) is 17.5 Å². The average molecular weight is 754 g/mol. The maximum atomic E-state index is 6.94. The minimum atomic E-state index is 0.577. The van der Waals surface area contributed by atoms with Crippen LogP contribution in [-0.2, 0) is 0 Å². The first-order chi connectivity index (χ1) is 29.2. The molecule has 4 nitrogen and oxygen atoms in total. The molecule has 11 rings (SSSR count). The van der Waals surface area contributed by atoms with E-state index in [2.05, 4.69) is 194 Å². The first-order valence-electron chi connectivity index (χ1n) is 19.8. The zero-order valence-corrected chi connectivity index (χ0v) is 32.0. The van der Waals surface area contributed by atoms with Crippen LogP contribution in [0.3, 0.4) is 0 Å². The number of hydrogen-bond donors (Lipinski definition) is 0. The molecule has 9 aromatic carbocycles. The van der Waals surface area contributed by atoms with Crippen LogP contribution < -0.4 is 0 Å². The predicted octanol–water partition coefficient (Wildman–Crippen LogP) is 14.6. The maximum absolute atomic E-state index is 6.94. The van der Waals surface area contributed by atoms with Crippen LogP contribution in [0.1, 0.15) is 0 Å². The SMILES string of the molecule is c1ccc(-c2ccc(-c3nc(-c4ccc5ccccc5c4)nc(-c4cc(-c5ccccc5)cc5oc6c(-c7ccc(-c8ccccc8)cc7)cccc6c45)n3)cc2)cc1. The fraction of sp³-hybridized carbons (Fsp3) is 0. The van der Waals surface area contributed by atoms with Crippen LogP contribution >= 0.6 is 0 Å². The van der Waals surface area contributed by atoms with Gasteiger partial charge >= 0.3 is 0 Å². The zero-order valence-electron chi connectivity index (χ0n) is 32.0. The van der Waals surface area contributed by atoms with Crippen molar-refractivity contribution in [1.29, 1.82) is 0 Å². The first-order valence-corrected chi connectivity index (χ1v) is 19.8. The van der Waals surface area contributed by atoms with Crippen LogP contribution in [0.2, 0.25) is 0 Å². The molecule has 0 saturated carbocycles. The molecule has 276 valence electrons. The first kappa shape index (κ1) is 34.3. The van der Waals surface area contributed by atoms with Crippen LogP contribution in [0.15, 0.2) is 217 Å². The molecular weight excluding hydrogens is 719 g/mol. The molecule has 0 aliphatic carbocycles. The monoisotopic (exact) mass is 753 g/mol. The standard InChI is InChI=1S/C55H35N3O/c1-4-13-36(14-5-1)40-23-28-42(29-24-40)47-21-12-22-48-51-49(34-46(35-50(51)59-52(47)48)38-17-8-3-9-18-38)55-57-53(43-30-25-41(26-31-43)37-15-6-2-7-16-37)56-54(58-55)45-32-27-39-19-10-11-20-44(39)33-45/h1-35H. The minimum Gasteiger partial charge on any atom is -0.455 e. The van der Waals surface area contributed by atoms with Crippen LogP contribution in [-0.4, -0.2) is 15.0 Å². The highest BCUT2D eigenvalue weighted by atomic mass is 16.3. The lowest BCUT2D eigenvalue weighted by Crippen LogP contribution is -2.01. The molecule has 0 amide bonds. The Morgan fingerprint density at radius 1 is 0.288 bits per heavy atom. The Morgan fingerprint density at radius 3 is 1.42 bits per heavy atom. The molecule has 0 atom stereocenters. The number of benzene rings is 9. The van der Waals surface area contributed by atoms with Gasteiger partial charge < -0.3 is 4.42 Å². The largest absolute Gasteiger partial charge is 0.455 e. The van der Waals surface area contributed by atoms with Crippen LogP contribution in [0.25, 0.3) is 111 Å². The molecule has 2 aromatic heterocycles. The number of rotatable bonds is 7. The van der Waals surface area contributed by atoms with E-state index in [0.717, 1.165) is 82.8 Å². The Labute approximate surface area is 341 Å². The van der Waals surface area contributed by atoms with Crippen LogP contribution in [0, 0.1) is 0 Å². The van der Waals surface area contributed by atoms with Crippen molar-refractivity contribution in [3.8, 4) is 78.7 Å². The highest BCUT2D eigenvalue weighted by molar-refractivity contribution is 6.16. The van der Waals surface area contributed by atoms with Gasteiger partial charge in [-0.15, -0.1) is 0 Å². The maximum Gasteiger partial charge on any atom is 0.164 e. The van der Waals surface area contributed by atoms with Crippen molar-refractivity contribution in [3.63, 3.8) is 0 Å². The van der Waals surface area contributed by atoms with E-state index in [9.17, 15) is 0 Å². The van der Waals surface area contributed by atoms with Gasteiger partial charge in [-0.2, -0.15) is 0 Å². The van der Waals surface area contributed by atoms with Crippen molar-refractivity contribution in [2.45, 2.75) is 0 Å². The van der Waals surface area contributed by atoms with Gasteiger partial charge in [0.2, 0.25) is 0 Å². The Bertz CT molecular complexity index is 3280. The number of nitrogens with zero attached hydrogens (tertiary/aromatic N) is 3. The topological polar surface area (TPSA) is 51.8 Å². The van der Waals surface area contributed by atoms with E-state index >= 15 is 0 Å². The third-order valence-electron chi connectivity index (χ3n) is 11.1. The molecule has 0 saturated heterocycles. The van der Waals surface area contributed by atoms with E-state index in [1.165, 1.54) is 11.1 Å². The third-order valence-corrected chi connectivity index (χ3v) is 11.1. The van der Waals surface area contributed by atoms with Crippen molar-refractivity contribution < 1.29 is 4.42 Å². The van der Waals surface area contributed by atoms with E-state index in [1.807, 2.05) is 18.2 Å². The third kappa shape index (κ3) is 6.43. The second kappa shape index (κ2) is 14.5. The summed E-state index contributed by atoms with van der Waals surface area (Å²) in [6, 6.07) is 74.0. The molecule has 59 heavy (non-hydrogen) atoms. The molecule has 0 aliphatic heterocycles. The quantitative estimate of drug-likeness (QED) is 0.163. The Kier molecular flexibility index (Phi) is 8.45. The number of furan rings is 1. The molecule has 4 heteroatoms. The van der Waals surface area contributed by atoms with Crippen molar-refractivity contribution in [1.82, 2.24) is 15.0 Å². The van der Waals surface area contributed by atoms with Crippen molar-refractivity contribution in [2.75, 3.05) is 0 Å². The Hall–Kier alpha value is -7.95. The molecular formula is C55H35N3O. The Morgan fingerprint density at radius 2 is 0.780 bits per heavy atom. The van der Waals surface area contributed by atoms with Crippen molar-refractivity contribution in [3.05, 3.63) is 212 Å². The number of para-hydroxylation sites is 1. The Balaban J connectivity index is 1.13. The van der Waals surface area contributed by atoms with Crippen LogP contribution in [0.4, 0.5) is 0 Å². The van der Waals surface area contributed by atoms with Gasteiger partial charge in [-0.05, 0) is 67.9 Å². The van der Waals surface area contributed by atoms with Crippen molar-refractivity contribution in [2.24, 2.45) is 0 Å². The highest BCUT2D eigenvalue weighted by Gasteiger charge is 2.21. The van der Waals surface area contributed by atoms with Gasteiger partial charge in [-0.3, -0.25) is 0 Å². The van der Waals surface area contributed by atoms with Gasteiger partial charge in [-0.25, -0.2) is 15.0 Å². The predicted molar refractivity (Wildman–Crippen MR) is 243 cm³/mol. The fourth-order valence-electron chi connectivity index (χ4n) is 8.13. The average Bonchev–Trinajstić information content (AvgIpc) is 3.71. The lowest BCUT2D eigenvalue weighted by atomic mass is 9.96. The van der Waals surface area contributed by atoms with E-state index in [-0.39, 0.29) is 0 Å². The zero-order chi connectivity index (χ0) is 39.1. The summed E-state index contributed by atoms with van der Waals surface area (Å²) in [5.74, 6) is 1.78. The summed E-state index contributed by atoms with van der Waals surface area (Å²) in [5, 5.41) is 4.25. The number of hydrogen-bond acceptors (Lipinski definition) is 4. The summed E-state index contributed by atoms with van der Waals surface area (Å²) in [4.78, 5) is 15.7. The molecule has 0 N–H and O–H groups in total. The molecule has 0 bridgehead atoms. The number of aromatic nitrogens is 3. The second-order valence-electron chi connectivity index (χ2n) is 14.8. The minimum absolute atomic E-state index is 0.577. The summed E-state index contributed by atoms with van der Waals surface area (Å²) >= 11 is 0. The summed E-state index contributed by atoms with van der Waals surface area (Å²) in [6.07, 6.45) is 0. The van der Waals surface area contributed by atoms with Gasteiger partial charge in [-0.1, -0.05) is 194 Å². The number of fused-ring (bicyclic) bond motifs is 4. The summed E-state index contributed by atoms with van der Waals surface area (Å²) < 4.78 is 6.94. The van der Waals surface area contributed by atoms with E-state index < -0.39 is 0 Å². The highest BCUT2D eigenvalue weighted by Crippen LogP contribution is 2.43. The van der Waals surface area contributed by atoms with Gasteiger partial charge in [0.05, 0.1) is 0 Å². The second-order valence-corrected chi connectivity index (χ2v) is 14.8. The molecule has 0 aliphatic rings. The molecule has 0 spiro atoms. The lowest BCUT2D eigenvalue weighted by Gasteiger charge is -2.12. The van der Waals surface area contributed by atoms with Gasteiger partial charge in [0, 0.05) is 33.0 Å². The van der Waals surface area contributed by atoms with Crippen molar-refractivity contribution >= 4 is 32.7 Å². The normalized spacial score (nSPS) is 11.4. The summed E-state index contributed by atoms with van der Waals surface area (Å²) in [6.45, 7) is 0. The molecule has 0 radical (unpaired) electrons. The lowest BCUT2D eigenvalue weighted by molar-refractivity contribution is 0.670. The summed E-state index contributed by atoms with van der Waals surface area (Å²) in [5.41, 5.74) is 13.1. The summed E-state index contributed by atoms with van der Waals surface area (Å²) in [7, 11) is 0. The fourth-order valence-corrected chi connectivity index (χ4v) is 8.13. The van der Waals surface area contributed by atoms with Gasteiger partial charge in [0.25, 0.3) is 0 Å². The molecule has 0 fully saturated rings. The smallest absolute Gasteiger partial charge is 0.164 e. The van der Waals surface area contributed by atoms with E-state index in [4.69, 9.17) is 19.4 Å². The molecule has 2 heterocycles.